The SMILES string of the molecule is Fc1ccc(C2CC2CBr)cc1Cl. The minimum atomic E-state index is -0.332. The molecule has 0 N–H and O–H groups in total. The molecular formula is C10H9BrClF. The van der Waals surface area contributed by atoms with Gasteiger partial charge in [0.2, 0.25) is 0 Å². The second-order valence-electron chi connectivity index (χ2n) is 3.43. The predicted molar refractivity (Wildman–Crippen MR) is 56.1 cm³/mol. The number of rotatable bonds is 2. The summed E-state index contributed by atoms with van der Waals surface area (Å²) >= 11 is 9.13. The fourth-order valence-corrected chi connectivity index (χ4v) is 2.47. The Labute approximate surface area is 90.2 Å². The van der Waals surface area contributed by atoms with Crippen molar-refractivity contribution < 1.29 is 4.39 Å². The van der Waals surface area contributed by atoms with Crippen LogP contribution in [0.25, 0.3) is 0 Å². The van der Waals surface area contributed by atoms with Crippen molar-refractivity contribution in [1.29, 1.82) is 0 Å². The van der Waals surface area contributed by atoms with Crippen LogP contribution in [0.2, 0.25) is 5.02 Å². The monoisotopic (exact) mass is 262 g/mol. The highest BCUT2D eigenvalue weighted by Gasteiger charge is 2.37. The van der Waals surface area contributed by atoms with E-state index in [1.165, 1.54) is 12.5 Å². The molecule has 0 spiro atoms. The lowest BCUT2D eigenvalue weighted by Crippen LogP contribution is -1.86. The number of alkyl halides is 1. The summed E-state index contributed by atoms with van der Waals surface area (Å²) in [5, 5.41) is 1.25. The van der Waals surface area contributed by atoms with Crippen LogP contribution in [0.4, 0.5) is 4.39 Å². The van der Waals surface area contributed by atoms with Crippen molar-refractivity contribution in [3.63, 3.8) is 0 Å². The standard InChI is InChI=1S/C10H9BrClF/c11-5-7-3-8(7)6-1-2-10(13)9(12)4-6/h1-2,4,7-8H,3,5H2. The van der Waals surface area contributed by atoms with Gasteiger partial charge in [-0.1, -0.05) is 33.6 Å². The van der Waals surface area contributed by atoms with Crippen molar-refractivity contribution in [2.24, 2.45) is 5.92 Å². The summed E-state index contributed by atoms with van der Waals surface area (Å²) in [6, 6.07) is 5.01. The predicted octanol–water partition coefficient (Wildman–Crippen LogP) is 3.98. The summed E-state index contributed by atoms with van der Waals surface area (Å²) in [6.45, 7) is 0. The summed E-state index contributed by atoms with van der Waals surface area (Å²) < 4.78 is 12.8. The van der Waals surface area contributed by atoms with Crippen molar-refractivity contribution >= 4 is 27.5 Å². The fraction of sp³-hybridized carbons (Fsp3) is 0.400. The third-order valence-electron chi connectivity index (χ3n) is 2.49. The maximum Gasteiger partial charge on any atom is 0.141 e. The van der Waals surface area contributed by atoms with Crippen LogP contribution < -0.4 is 0 Å². The Kier molecular flexibility index (Phi) is 2.61. The average molecular weight is 264 g/mol. The molecule has 0 bridgehead atoms. The van der Waals surface area contributed by atoms with Gasteiger partial charge in [-0.15, -0.1) is 0 Å². The highest BCUT2D eigenvalue weighted by atomic mass is 79.9. The van der Waals surface area contributed by atoms with E-state index in [4.69, 9.17) is 11.6 Å². The van der Waals surface area contributed by atoms with Crippen LogP contribution in [-0.2, 0) is 0 Å². The van der Waals surface area contributed by atoms with Gasteiger partial charge in [-0.25, -0.2) is 4.39 Å². The van der Waals surface area contributed by atoms with E-state index in [1.807, 2.05) is 6.07 Å². The Hall–Kier alpha value is -0.0800. The molecule has 0 nitrogen and oxygen atoms in total. The molecule has 1 fully saturated rings. The zero-order valence-corrected chi connectivity index (χ0v) is 9.28. The van der Waals surface area contributed by atoms with E-state index in [9.17, 15) is 4.39 Å². The van der Waals surface area contributed by atoms with E-state index >= 15 is 0 Å². The molecule has 3 heteroatoms. The Morgan fingerprint density at radius 1 is 1.54 bits per heavy atom. The van der Waals surface area contributed by atoms with Gasteiger partial charge in [0.1, 0.15) is 5.82 Å². The van der Waals surface area contributed by atoms with Crippen LogP contribution >= 0.6 is 27.5 Å². The molecule has 0 aliphatic heterocycles. The van der Waals surface area contributed by atoms with Gasteiger partial charge in [0.25, 0.3) is 0 Å². The van der Waals surface area contributed by atoms with E-state index < -0.39 is 0 Å². The minimum Gasteiger partial charge on any atom is -0.205 e. The first-order valence-corrected chi connectivity index (χ1v) is 5.73. The molecule has 1 aliphatic carbocycles. The van der Waals surface area contributed by atoms with Gasteiger partial charge in [-0.2, -0.15) is 0 Å². The van der Waals surface area contributed by atoms with Crippen molar-refractivity contribution in [1.82, 2.24) is 0 Å². The summed E-state index contributed by atoms with van der Waals surface area (Å²) in [4.78, 5) is 0. The highest BCUT2D eigenvalue weighted by Crippen LogP contribution is 2.48. The first kappa shape index (κ1) is 9.47. The van der Waals surface area contributed by atoms with Gasteiger partial charge >= 0.3 is 0 Å². The lowest BCUT2D eigenvalue weighted by molar-refractivity contribution is 0.627. The van der Waals surface area contributed by atoms with E-state index in [0.29, 0.717) is 11.8 Å². The molecule has 2 atom stereocenters. The third kappa shape index (κ3) is 1.89. The maximum absolute atomic E-state index is 12.8. The van der Waals surface area contributed by atoms with Crippen LogP contribution in [0, 0.1) is 11.7 Å². The molecule has 0 radical (unpaired) electrons. The summed E-state index contributed by atoms with van der Waals surface area (Å²) in [5.74, 6) is 0.959. The van der Waals surface area contributed by atoms with Crippen LogP contribution in [0.1, 0.15) is 17.9 Å². The number of hydrogen-bond donors (Lipinski definition) is 0. The fourth-order valence-electron chi connectivity index (χ4n) is 1.57. The third-order valence-corrected chi connectivity index (χ3v) is 3.61. The van der Waals surface area contributed by atoms with Gasteiger partial charge in [0.05, 0.1) is 5.02 Å². The molecule has 2 rings (SSSR count). The Bertz CT molecular complexity index is 327. The second-order valence-corrected chi connectivity index (χ2v) is 4.48. The number of hydrogen-bond acceptors (Lipinski definition) is 0. The van der Waals surface area contributed by atoms with Crippen LogP contribution in [0.15, 0.2) is 18.2 Å². The summed E-state index contributed by atoms with van der Waals surface area (Å²) in [7, 11) is 0. The van der Waals surface area contributed by atoms with E-state index in [-0.39, 0.29) is 10.8 Å². The summed E-state index contributed by atoms with van der Waals surface area (Å²) in [5.41, 5.74) is 1.16. The van der Waals surface area contributed by atoms with Crippen LogP contribution in [0.5, 0.6) is 0 Å². The molecule has 1 aliphatic rings. The Morgan fingerprint density at radius 2 is 2.31 bits per heavy atom. The smallest absolute Gasteiger partial charge is 0.141 e. The second kappa shape index (κ2) is 3.58. The quantitative estimate of drug-likeness (QED) is 0.708. The van der Waals surface area contributed by atoms with Gasteiger partial charge in [-0.05, 0) is 36.0 Å². The van der Waals surface area contributed by atoms with E-state index in [2.05, 4.69) is 15.9 Å². The lowest BCUT2D eigenvalue weighted by Gasteiger charge is -2.00. The van der Waals surface area contributed by atoms with E-state index in [1.54, 1.807) is 6.07 Å². The van der Waals surface area contributed by atoms with Crippen molar-refractivity contribution in [3.8, 4) is 0 Å². The molecule has 2 unspecified atom stereocenters. The zero-order chi connectivity index (χ0) is 9.42. The normalized spacial score (nSPS) is 26.1. The highest BCUT2D eigenvalue weighted by molar-refractivity contribution is 9.09. The molecule has 0 heterocycles. The maximum atomic E-state index is 12.8. The molecule has 1 saturated carbocycles. The van der Waals surface area contributed by atoms with Crippen LogP contribution in [0.3, 0.4) is 0 Å². The van der Waals surface area contributed by atoms with Gasteiger partial charge in [-0.3, -0.25) is 0 Å². The molecule has 13 heavy (non-hydrogen) atoms. The molecule has 0 amide bonds. The summed E-state index contributed by atoms with van der Waals surface area (Å²) in [6.07, 6.45) is 1.19. The Morgan fingerprint density at radius 3 is 2.85 bits per heavy atom. The Balaban J connectivity index is 2.19. The molecule has 70 valence electrons. The first-order chi connectivity index (χ1) is 6.22. The van der Waals surface area contributed by atoms with Crippen molar-refractivity contribution in [3.05, 3.63) is 34.6 Å². The van der Waals surface area contributed by atoms with Crippen molar-refractivity contribution in [2.75, 3.05) is 5.33 Å². The first-order valence-electron chi connectivity index (χ1n) is 4.23. The van der Waals surface area contributed by atoms with E-state index in [0.717, 1.165) is 10.9 Å². The van der Waals surface area contributed by atoms with Crippen LogP contribution in [-0.4, -0.2) is 5.33 Å². The molecular weight excluding hydrogens is 254 g/mol. The number of halogens is 3. The average Bonchev–Trinajstić information content (AvgIpc) is 2.88. The topological polar surface area (TPSA) is 0 Å². The lowest BCUT2D eigenvalue weighted by atomic mass is 10.1. The molecule has 0 saturated heterocycles. The molecule has 1 aromatic rings. The minimum absolute atomic E-state index is 0.234. The van der Waals surface area contributed by atoms with Gasteiger partial charge in [0.15, 0.2) is 0 Å². The largest absolute Gasteiger partial charge is 0.205 e. The molecule has 1 aromatic carbocycles. The van der Waals surface area contributed by atoms with Gasteiger partial charge < -0.3 is 0 Å². The molecule has 0 aromatic heterocycles. The number of benzene rings is 1. The van der Waals surface area contributed by atoms with Crippen molar-refractivity contribution in [2.45, 2.75) is 12.3 Å². The zero-order valence-electron chi connectivity index (χ0n) is 6.93. The van der Waals surface area contributed by atoms with Gasteiger partial charge in [0, 0.05) is 5.33 Å².